The number of aliphatic hydroxyl groups is 1. The van der Waals surface area contributed by atoms with Crippen molar-refractivity contribution in [1.29, 1.82) is 0 Å². The van der Waals surface area contributed by atoms with Crippen LogP contribution in [0.15, 0.2) is 0 Å². The fraction of sp³-hybridized carbons (Fsp3) is 0.913. The Morgan fingerprint density at radius 3 is 1.71 bits per heavy atom. The van der Waals surface area contributed by atoms with Crippen LogP contribution in [0.1, 0.15) is 126 Å². The predicted octanol–water partition coefficient (Wildman–Crippen LogP) is 7.09. The minimum absolute atomic E-state index is 0.0244. The van der Waals surface area contributed by atoms with Crippen molar-refractivity contribution in [2.24, 2.45) is 80.8 Å². The van der Waals surface area contributed by atoms with Crippen molar-refractivity contribution in [3.63, 3.8) is 0 Å². The number of hydrogen-bond donors (Lipinski definition) is 2. The number of nitrogens with zero attached hydrogens (tertiary/aromatic N) is 1. The number of carbonyl (C=O) groups is 4. The maximum Gasteiger partial charge on any atom is 0.414 e. The third-order valence-corrected chi connectivity index (χ3v) is 19.2. The van der Waals surface area contributed by atoms with Gasteiger partial charge in [-0.05, 0) is 112 Å². The van der Waals surface area contributed by atoms with E-state index in [2.05, 4.69) is 51.8 Å². The fourth-order valence-electron chi connectivity index (χ4n) is 15.4. The summed E-state index contributed by atoms with van der Waals surface area (Å²) in [6.07, 6.45) is 9.13. The van der Waals surface area contributed by atoms with Crippen molar-refractivity contribution in [1.82, 2.24) is 10.2 Å². The average Bonchev–Trinajstić information content (AvgIpc) is 3.99. The van der Waals surface area contributed by atoms with Gasteiger partial charge in [-0.15, -0.1) is 0 Å². The Balaban J connectivity index is 0.000000189. The number of imide groups is 1. The molecular weight excluding hydrogens is 709 g/mol. The van der Waals surface area contributed by atoms with Crippen LogP contribution < -0.4 is 5.32 Å². The molecule has 6 saturated carbocycles. The summed E-state index contributed by atoms with van der Waals surface area (Å²) in [5.41, 5.74) is -0.538. The zero-order valence-corrected chi connectivity index (χ0v) is 36.2. The van der Waals surface area contributed by atoms with Gasteiger partial charge in [0.15, 0.2) is 0 Å². The van der Waals surface area contributed by atoms with E-state index in [9.17, 15) is 24.3 Å². The third-order valence-electron chi connectivity index (χ3n) is 19.2. The SMILES string of the molecule is CO[C@@H]1CCC23CC[C@@H](C)[C@](C)(C12)[C@H](O)C[C@H](C)C(=O)[C@@H]3C.CO[C@@H]1CCC23CC[C@@H](C)[C@](C)(C12)[C@H](OC(=O)NC(=O)[C@H]1CN2CC[C@@H]1C2)C[C@H](C)C(=O)[C@@H]3C. The number of ether oxygens (including phenoxy) is 3. The second-order valence-corrected chi connectivity index (χ2v) is 21.0. The second kappa shape index (κ2) is 15.3. The maximum absolute atomic E-state index is 13.5. The molecule has 19 atom stereocenters. The predicted molar refractivity (Wildman–Crippen MR) is 213 cm³/mol. The number of rotatable bonds is 4. The highest BCUT2D eigenvalue weighted by Gasteiger charge is 2.68. The lowest BCUT2D eigenvalue weighted by Crippen LogP contribution is -2.62. The highest BCUT2D eigenvalue weighted by molar-refractivity contribution is 5.93. The summed E-state index contributed by atoms with van der Waals surface area (Å²) >= 11 is 0. The highest BCUT2D eigenvalue weighted by atomic mass is 16.6. The van der Waals surface area contributed by atoms with Gasteiger partial charge in [0.25, 0.3) is 0 Å². The lowest BCUT2D eigenvalue weighted by atomic mass is 9.45. The quantitative estimate of drug-likeness (QED) is 0.307. The molecule has 10 nitrogen and oxygen atoms in total. The summed E-state index contributed by atoms with van der Waals surface area (Å²) in [5.74, 6) is 1.71. The van der Waals surface area contributed by atoms with Crippen LogP contribution in [-0.4, -0.2) is 91.8 Å². The number of hydrogen-bond acceptors (Lipinski definition) is 9. The molecule has 6 aliphatic carbocycles. The highest BCUT2D eigenvalue weighted by Crippen LogP contribution is 2.69. The Morgan fingerprint density at radius 1 is 0.714 bits per heavy atom. The molecule has 0 aromatic carbocycles. The molecule has 2 heterocycles. The summed E-state index contributed by atoms with van der Waals surface area (Å²) in [5, 5.41) is 13.7. The molecule has 2 aliphatic heterocycles. The van der Waals surface area contributed by atoms with Crippen LogP contribution in [0.3, 0.4) is 0 Å². The first-order valence-corrected chi connectivity index (χ1v) is 22.5. The molecular formula is C46H74N2O8. The first-order chi connectivity index (χ1) is 26.4. The molecule has 5 unspecified atom stereocenters. The van der Waals surface area contributed by atoms with Crippen molar-refractivity contribution in [2.75, 3.05) is 33.9 Å². The first kappa shape index (κ1) is 42.3. The summed E-state index contributed by atoms with van der Waals surface area (Å²) in [6.45, 7) is 20.1. The number of aliphatic hydroxyl groups excluding tert-OH is 1. The van der Waals surface area contributed by atoms with Crippen LogP contribution in [0, 0.1) is 80.8 Å². The van der Waals surface area contributed by atoms with E-state index in [1.807, 2.05) is 13.8 Å². The maximum atomic E-state index is 13.5. The number of Topliss-reactive ketones (excluding diaryl/α,β-unsaturated/α-hetero) is 2. The van der Waals surface area contributed by atoms with E-state index in [-0.39, 0.29) is 81.1 Å². The van der Waals surface area contributed by atoms with Crippen LogP contribution >= 0.6 is 0 Å². The number of methoxy groups -OCH3 is 2. The lowest BCUT2D eigenvalue weighted by molar-refractivity contribution is -0.184. The van der Waals surface area contributed by atoms with Gasteiger partial charge in [0.05, 0.1) is 24.2 Å². The zero-order chi connectivity index (χ0) is 40.7. The van der Waals surface area contributed by atoms with E-state index in [4.69, 9.17) is 14.2 Å². The summed E-state index contributed by atoms with van der Waals surface area (Å²) in [7, 11) is 3.57. The van der Waals surface area contributed by atoms with Gasteiger partial charge in [0, 0.05) is 67.7 Å². The van der Waals surface area contributed by atoms with Gasteiger partial charge in [-0.1, -0.05) is 55.4 Å². The van der Waals surface area contributed by atoms with E-state index in [0.717, 1.165) is 77.4 Å². The Bertz CT molecular complexity index is 1540. The Morgan fingerprint density at radius 2 is 1.21 bits per heavy atom. The number of ketones is 2. The molecule has 6 bridgehead atoms. The molecule has 8 rings (SSSR count). The standard InChI is InChI=1S/C27H42N2O5.C19H32O3/c1-15-12-21(34-25(32)28-24(31)19-14-29-11-8-18(19)13-29)26(4)16(2)6-9-27(17(3)22(15)30)10-7-20(33-5)23(26)27;1-11-10-15(20)18(4)12(2)6-8-19(13(3)16(11)21)9-7-14(22-5)17(18)19/h15-21,23H,6-14H2,1-5H3,(H,28,31,32);11-15,17,20H,6-10H2,1-5H3/t15-,16+,17-,18+,19-,20+,21+,23?,26-,27?;11-,12+,13-,14+,15+,17?,18-,19?/m00/s1. The number of alkyl carbamates (subject to hydrolysis) is 1. The number of nitrogens with one attached hydrogen (secondary N) is 1. The average molecular weight is 783 g/mol. The van der Waals surface area contributed by atoms with Crippen molar-refractivity contribution < 1.29 is 38.5 Å². The molecule has 0 radical (unpaired) electrons. The molecule has 8 fully saturated rings. The first-order valence-electron chi connectivity index (χ1n) is 22.5. The minimum Gasteiger partial charge on any atom is -0.445 e. The Labute approximate surface area is 336 Å². The number of fused-ring (bicyclic) bond motifs is 2. The van der Waals surface area contributed by atoms with E-state index in [0.29, 0.717) is 42.3 Å². The second-order valence-electron chi connectivity index (χ2n) is 21.0. The third kappa shape index (κ3) is 6.29. The monoisotopic (exact) mass is 783 g/mol. The minimum atomic E-state index is -0.655. The van der Waals surface area contributed by atoms with Gasteiger partial charge >= 0.3 is 6.09 Å². The van der Waals surface area contributed by atoms with E-state index >= 15 is 0 Å². The van der Waals surface area contributed by atoms with Crippen molar-refractivity contribution in [2.45, 2.75) is 150 Å². The summed E-state index contributed by atoms with van der Waals surface area (Å²) in [4.78, 5) is 54.7. The molecule has 316 valence electrons. The topological polar surface area (TPSA) is 131 Å². The molecule has 2 saturated heterocycles. The molecule has 2 amide bonds. The van der Waals surface area contributed by atoms with Crippen molar-refractivity contribution in [3.05, 3.63) is 0 Å². The Hall–Kier alpha value is -1.88. The van der Waals surface area contributed by atoms with Crippen LogP contribution in [-0.2, 0) is 28.6 Å². The number of carbonyl (C=O) groups excluding carboxylic acids is 4. The van der Waals surface area contributed by atoms with Gasteiger partial charge < -0.3 is 24.2 Å². The van der Waals surface area contributed by atoms with Crippen LogP contribution in [0.5, 0.6) is 0 Å². The smallest absolute Gasteiger partial charge is 0.414 e. The molecule has 2 N–H and O–H groups in total. The largest absolute Gasteiger partial charge is 0.445 e. The van der Waals surface area contributed by atoms with Crippen molar-refractivity contribution in [3.8, 4) is 0 Å². The lowest BCUT2D eigenvalue weighted by Gasteiger charge is -2.60. The van der Waals surface area contributed by atoms with Gasteiger partial charge in [-0.3, -0.25) is 19.7 Å². The zero-order valence-electron chi connectivity index (χ0n) is 36.2. The summed E-state index contributed by atoms with van der Waals surface area (Å²) < 4.78 is 18.0. The molecule has 0 spiro atoms. The van der Waals surface area contributed by atoms with Gasteiger partial charge in [0.2, 0.25) is 5.91 Å². The molecule has 0 aromatic heterocycles. The van der Waals surface area contributed by atoms with E-state index in [1.54, 1.807) is 14.2 Å². The van der Waals surface area contributed by atoms with Crippen LogP contribution in [0.4, 0.5) is 4.79 Å². The number of amides is 2. The molecule has 8 aliphatic rings. The van der Waals surface area contributed by atoms with Gasteiger partial charge in [-0.25, -0.2) is 4.79 Å². The fourth-order valence-corrected chi connectivity index (χ4v) is 15.4. The number of piperidine rings is 1. The van der Waals surface area contributed by atoms with Crippen molar-refractivity contribution >= 4 is 23.6 Å². The van der Waals surface area contributed by atoms with E-state index in [1.165, 1.54) is 0 Å². The Kier molecular flexibility index (Phi) is 11.5. The molecule has 56 heavy (non-hydrogen) atoms. The normalized spacial score (nSPS) is 52.0. The van der Waals surface area contributed by atoms with E-state index < -0.39 is 18.3 Å². The molecule has 10 heteroatoms. The van der Waals surface area contributed by atoms with Gasteiger partial charge in [-0.2, -0.15) is 0 Å². The van der Waals surface area contributed by atoms with Crippen LogP contribution in [0.25, 0.3) is 0 Å². The van der Waals surface area contributed by atoms with Crippen LogP contribution in [0.2, 0.25) is 0 Å². The molecule has 0 aromatic rings. The van der Waals surface area contributed by atoms with Gasteiger partial charge in [0.1, 0.15) is 17.7 Å². The summed E-state index contributed by atoms with van der Waals surface area (Å²) in [6, 6.07) is 0.